The van der Waals surface area contributed by atoms with Gasteiger partial charge >= 0.3 is 5.97 Å². The first-order valence-electron chi connectivity index (χ1n) is 7.91. The van der Waals surface area contributed by atoms with Crippen molar-refractivity contribution in [3.63, 3.8) is 0 Å². The quantitative estimate of drug-likeness (QED) is 0.902. The predicted molar refractivity (Wildman–Crippen MR) is 82.3 cm³/mol. The minimum Gasteiger partial charge on any atom is -0.480 e. The van der Waals surface area contributed by atoms with Crippen LogP contribution in [0, 0.1) is 5.92 Å². The van der Waals surface area contributed by atoms with Crippen LogP contribution in [0.1, 0.15) is 24.8 Å². The minimum absolute atomic E-state index is 0.0433. The normalized spacial score (nSPS) is 24.3. The fourth-order valence-corrected chi connectivity index (χ4v) is 3.42. The Morgan fingerprint density at radius 1 is 1.22 bits per heavy atom. The Morgan fingerprint density at radius 2 is 1.96 bits per heavy atom. The highest BCUT2D eigenvalue weighted by Gasteiger charge is 2.41. The highest BCUT2D eigenvalue weighted by molar-refractivity contribution is 5.91. The van der Waals surface area contributed by atoms with Gasteiger partial charge in [0, 0.05) is 26.1 Å². The number of hydrogen-bond donors (Lipinski definition) is 1. The summed E-state index contributed by atoms with van der Waals surface area (Å²) in [5, 5.41) is 9.20. The van der Waals surface area contributed by atoms with Crippen LogP contribution in [0.5, 0.6) is 0 Å². The van der Waals surface area contributed by atoms with Crippen LogP contribution in [0.15, 0.2) is 30.3 Å². The van der Waals surface area contributed by atoms with E-state index in [1.807, 2.05) is 30.3 Å². The molecule has 0 bridgehead atoms. The Balaban J connectivity index is 1.65. The van der Waals surface area contributed by atoms with Crippen molar-refractivity contribution in [2.24, 2.45) is 5.92 Å². The van der Waals surface area contributed by atoms with E-state index >= 15 is 0 Å². The van der Waals surface area contributed by atoms with Gasteiger partial charge in [-0.1, -0.05) is 30.3 Å². The summed E-state index contributed by atoms with van der Waals surface area (Å²) in [7, 11) is 0. The van der Waals surface area contributed by atoms with Crippen LogP contribution in [0.2, 0.25) is 0 Å². The molecule has 0 saturated carbocycles. The third-order valence-electron chi connectivity index (χ3n) is 4.60. The zero-order valence-corrected chi connectivity index (χ0v) is 12.9. The molecule has 2 fully saturated rings. The highest BCUT2D eigenvalue weighted by atomic mass is 16.4. The van der Waals surface area contributed by atoms with Gasteiger partial charge in [0.25, 0.3) is 0 Å². The van der Waals surface area contributed by atoms with Crippen LogP contribution in [-0.2, 0) is 20.9 Å². The van der Waals surface area contributed by atoms with Crippen molar-refractivity contribution in [3.05, 3.63) is 35.9 Å². The number of carboxylic acid groups (broad SMARTS) is 1. The van der Waals surface area contributed by atoms with E-state index in [9.17, 15) is 19.5 Å². The van der Waals surface area contributed by atoms with E-state index < -0.39 is 17.9 Å². The molecule has 1 N–H and O–H groups in total. The van der Waals surface area contributed by atoms with E-state index in [0.29, 0.717) is 32.5 Å². The number of hydrogen-bond acceptors (Lipinski definition) is 3. The van der Waals surface area contributed by atoms with Crippen molar-refractivity contribution < 1.29 is 19.5 Å². The number of rotatable bonds is 4. The number of amides is 2. The number of aliphatic carboxylic acids is 1. The van der Waals surface area contributed by atoms with Crippen LogP contribution >= 0.6 is 0 Å². The SMILES string of the molecule is O=C(O)[C@@H]1CCCN1C(=O)C1CC(=O)N(Cc2ccccc2)C1. The third-order valence-corrected chi connectivity index (χ3v) is 4.60. The van der Waals surface area contributed by atoms with Crippen LogP contribution in [0.4, 0.5) is 0 Å². The number of nitrogens with zero attached hydrogens (tertiary/aromatic N) is 2. The molecule has 2 aliphatic rings. The van der Waals surface area contributed by atoms with Gasteiger partial charge in [0.1, 0.15) is 6.04 Å². The average molecular weight is 316 g/mol. The maximum Gasteiger partial charge on any atom is 0.326 e. The molecule has 1 aromatic carbocycles. The van der Waals surface area contributed by atoms with Crippen molar-refractivity contribution in [1.82, 2.24) is 9.80 Å². The van der Waals surface area contributed by atoms with Crippen molar-refractivity contribution >= 4 is 17.8 Å². The minimum atomic E-state index is -0.957. The van der Waals surface area contributed by atoms with Gasteiger partial charge in [-0.3, -0.25) is 9.59 Å². The van der Waals surface area contributed by atoms with Crippen LogP contribution in [-0.4, -0.2) is 51.8 Å². The van der Waals surface area contributed by atoms with Crippen LogP contribution < -0.4 is 0 Å². The molecule has 23 heavy (non-hydrogen) atoms. The first-order chi connectivity index (χ1) is 11.1. The molecule has 2 aliphatic heterocycles. The molecule has 1 aromatic rings. The summed E-state index contributed by atoms with van der Waals surface area (Å²) in [4.78, 5) is 39.1. The number of carboxylic acids is 1. The summed E-state index contributed by atoms with van der Waals surface area (Å²) in [6, 6.07) is 8.91. The predicted octanol–water partition coefficient (Wildman–Crippen LogP) is 1.11. The van der Waals surface area contributed by atoms with E-state index in [1.165, 1.54) is 4.90 Å². The molecule has 122 valence electrons. The number of likely N-dealkylation sites (tertiary alicyclic amines) is 2. The molecular weight excluding hydrogens is 296 g/mol. The van der Waals surface area contributed by atoms with Gasteiger partial charge < -0.3 is 14.9 Å². The molecule has 0 spiro atoms. The maximum atomic E-state index is 12.6. The lowest BCUT2D eigenvalue weighted by atomic mass is 10.1. The second kappa shape index (κ2) is 6.40. The van der Waals surface area contributed by atoms with Gasteiger partial charge in [-0.25, -0.2) is 4.79 Å². The smallest absolute Gasteiger partial charge is 0.326 e. The zero-order valence-electron chi connectivity index (χ0n) is 12.9. The number of benzene rings is 1. The maximum absolute atomic E-state index is 12.6. The van der Waals surface area contributed by atoms with Gasteiger partial charge in [0.15, 0.2) is 0 Å². The molecule has 1 unspecified atom stereocenters. The second-order valence-corrected chi connectivity index (χ2v) is 6.19. The van der Waals surface area contributed by atoms with E-state index in [1.54, 1.807) is 4.90 Å². The monoisotopic (exact) mass is 316 g/mol. The first-order valence-corrected chi connectivity index (χ1v) is 7.91. The Labute approximate surface area is 134 Å². The molecule has 2 heterocycles. The standard InChI is InChI=1S/C17H20N2O4/c20-15-9-13(11-18(15)10-12-5-2-1-3-6-12)16(21)19-8-4-7-14(19)17(22)23/h1-3,5-6,13-14H,4,7-11H2,(H,22,23)/t13?,14-/m0/s1. The summed E-state index contributed by atoms with van der Waals surface area (Å²) >= 11 is 0. The topological polar surface area (TPSA) is 77.9 Å². The summed E-state index contributed by atoms with van der Waals surface area (Å²) in [6.07, 6.45) is 1.38. The molecule has 2 saturated heterocycles. The van der Waals surface area contributed by atoms with Crippen LogP contribution in [0.3, 0.4) is 0 Å². The van der Waals surface area contributed by atoms with Gasteiger partial charge in [-0.05, 0) is 18.4 Å². The zero-order chi connectivity index (χ0) is 16.4. The van der Waals surface area contributed by atoms with Gasteiger partial charge in [0.05, 0.1) is 5.92 Å². The number of carbonyl (C=O) groups is 3. The molecule has 2 amide bonds. The largest absolute Gasteiger partial charge is 0.480 e. The molecule has 6 nitrogen and oxygen atoms in total. The fourth-order valence-electron chi connectivity index (χ4n) is 3.42. The molecule has 2 atom stereocenters. The average Bonchev–Trinajstić information content (AvgIpc) is 3.15. The van der Waals surface area contributed by atoms with Gasteiger partial charge in [0.2, 0.25) is 11.8 Å². The second-order valence-electron chi connectivity index (χ2n) is 6.19. The lowest BCUT2D eigenvalue weighted by Crippen LogP contribution is -2.44. The highest BCUT2D eigenvalue weighted by Crippen LogP contribution is 2.26. The van der Waals surface area contributed by atoms with Crippen molar-refractivity contribution in [3.8, 4) is 0 Å². The molecule has 0 radical (unpaired) electrons. The lowest BCUT2D eigenvalue weighted by Gasteiger charge is -2.24. The Hall–Kier alpha value is -2.37. The first kappa shape index (κ1) is 15.5. The molecule has 3 rings (SSSR count). The summed E-state index contributed by atoms with van der Waals surface area (Å²) in [5.74, 6) is -1.62. The lowest BCUT2D eigenvalue weighted by molar-refractivity contribution is -0.149. The molecule has 6 heteroatoms. The number of carbonyl (C=O) groups excluding carboxylic acids is 2. The van der Waals surface area contributed by atoms with E-state index in [2.05, 4.69) is 0 Å². The Kier molecular flexibility index (Phi) is 4.32. The third kappa shape index (κ3) is 3.21. The molecule has 0 aromatic heterocycles. The van der Waals surface area contributed by atoms with Gasteiger partial charge in [-0.15, -0.1) is 0 Å². The van der Waals surface area contributed by atoms with Gasteiger partial charge in [-0.2, -0.15) is 0 Å². The van der Waals surface area contributed by atoms with Crippen molar-refractivity contribution in [2.45, 2.75) is 31.8 Å². The van der Waals surface area contributed by atoms with E-state index in [4.69, 9.17) is 0 Å². The summed E-state index contributed by atoms with van der Waals surface area (Å²) < 4.78 is 0. The van der Waals surface area contributed by atoms with Crippen molar-refractivity contribution in [1.29, 1.82) is 0 Å². The molecule has 0 aliphatic carbocycles. The Bertz CT molecular complexity index is 616. The summed E-state index contributed by atoms with van der Waals surface area (Å²) in [6.45, 7) is 1.33. The summed E-state index contributed by atoms with van der Waals surface area (Å²) in [5.41, 5.74) is 1.03. The van der Waals surface area contributed by atoms with Crippen LogP contribution in [0.25, 0.3) is 0 Å². The molecular formula is C17H20N2O4. The van der Waals surface area contributed by atoms with E-state index in [0.717, 1.165) is 5.56 Å². The fraction of sp³-hybridized carbons (Fsp3) is 0.471. The van der Waals surface area contributed by atoms with E-state index in [-0.39, 0.29) is 18.2 Å². The Morgan fingerprint density at radius 3 is 2.65 bits per heavy atom. The van der Waals surface area contributed by atoms with Crippen molar-refractivity contribution in [2.75, 3.05) is 13.1 Å².